The highest BCUT2D eigenvalue weighted by Crippen LogP contribution is 2.19. The molecule has 0 bridgehead atoms. The van der Waals surface area contributed by atoms with Crippen LogP contribution in [0.4, 0.5) is 11.4 Å². The van der Waals surface area contributed by atoms with Crippen LogP contribution in [0.5, 0.6) is 0 Å². The highest BCUT2D eigenvalue weighted by atomic mass is 32.2. The first kappa shape index (κ1) is 16.1. The van der Waals surface area contributed by atoms with Gasteiger partial charge in [-0.2, -0.15) is 0 Å². The third kappa shape index (κ3) is 4.36. The van der Waals surface area contributed by atoms with Crippen LogP contribution in [0.1, 0.15) is 12.5 Å². The standard InChI is InChI=1S/C17H18N2O2S/c1-3-12-7-9-13(10-8-12)18-16(20)17(21)19-14-5-4-6-15(11-14)22-2/h4-11H,3H2,1-2H3,(H,18,20)(H,19,21). The first-order valence-corrected chi connectivity index (χ1v) is 8.20. The topological polar surface area (TPSA) is 58.2 Å². The molecule has 5 heteroatoms. The lowest BCUT2D eigenvalue weighted by molar-refractivity contribution is -0.133. The van der Waals surface area contributed by atoms with Crippen molar-refractivity contribution in [1.29, 1.82) is 0 Å². The van der Waals surface area contributed by atoms with Gasteiger partial charge in [0, 0.05) is 16.3 Å². The van der Waals surface area contributed by atoms with Gasteiger partial charge in [0.05, 0.1) is 0 Å². The average molecular weight is 314 g/mol. The Morgan fingerprint density at radius 1 is 0.955 bits per heavy atom. The Balaban J connectivity index is 1.97. The minimum atomic E-state index is -0.683. The van der Waals surface area contributed by atoms with Gasteiger partial charge >= 0.3 is 11.8 Å². The zero-order chi connectivity index (χ0) is 15.9. The van der Waals surface area contributed by atoms with Gasteiger partial charge in [-0.25, -0.2) is 0 Å². The molecule has 0 saturated carbocycles. The fourth-order valence-corrected chi connectivity index (χ4v) is 2.36. The van der Waals surface area contributed by atoms with Crippen molar-refractivity contribution in [3.05, 3.63) is 54.1 Å². The molecule has 0 spiro atoms. The number of carbonyl (C=O) groups is 2. The number of aryl methyl sites for hydroxylation is 1. The molecule has 2 N–H and O–H groups in total. The van der Waals surface area contributed by atoms with E-state index in [4.69, 9.17) is 0 Å². The van der Waals surface area contributed by atoms with Crippen LogP contribution in [0, 0.1) is 0 Å². The Labute approximate surface area is 134 Å². The molecular formula is C17H18N2O2S. The van der Waals surface area contributed by atoms with Gasteiger partial charge in [0.1, 0.15) is 0 Å². The van der Waals surface area contributed by atoms with Crippen molar-refractivity contribution in [2.24, 2.45) is 0 Å². The van der Waals surface area contributed by atoms with E-state index in [0.717, 1.165) is 11.3 Å². The molecule has 22 heavy (non-hydrogen) atoms. The molecule has 2 aromatic carbocycles. The number of anilines is 2. The minimum Gasteiger partial charge on any atom is -0.318 e. The molecule has 4 nitrogen and oxygen atoms in total. The van der Waals surface area contributed by atoms with Crippen LogP contribution in [0.15, 0.2) is 53.4 Å². The van der Waals surface area contributed by atoms with Gasteiger partial charge in [0.2, 0.25) is 0 Å². The molecule has 0 unspecified atom stereocenters. The predicted octanol–water partition coefficient (Wildman–Crippen LogP) is 3.55. The summed E-state index contributed by atoms with van der Waals surface area (Å²) in [4.78, 5) is 24.8. The maximum absolute atomic E-state index is 11.9. The van der Waals surface area contributed by atoms with Crippen LogP contribution in [0.25, 0.3) is 0 Å². The van der Waals surface area contributed by atoms with Crippen molar-refractivity contribution in [3.8, 4) is 0 Å². The Morgan fingerprint density at radius 2 is 1.59 bits per heavy atom. The molecule has 0 saturated heterocycles. The molecule has 2 amide bonds. The molecule has 0 fully saturated rings. The van der Waals surface area contributed by atoms with E-state index in [0.29, 0.717) is 11.4 Å². The molecule has 0 aromatic heterocycles. The molecule has 0 aliphatic rings. The molecule has 0 aliphatic carbocycles. The second kappa shape index (κ2) is 7.66. The second-order valence-corrected chi connectivity index (χ2v) is 5.57. The van der Waals surface area contributed by atoms with Crippen molar-refractivity contribution < 1.29 is 9.59 Å². The van der Waals surface area contributed by atoms with Gasteiger partial charge in [0.25, 0.3) is 0 Å². The van der Waals surface area contributed by atoms with Crippen LogP contribution >= 0.6 is 11.8 Å². The van der Waals surface area contributed by atoms with E-state index in [1.807, 2.05) is 36.6 Å². The molecule has 0 heterocycles. The van der Waals surface area contributed by atoms with Crippen LogP contribution in [0.3, 0.4) is 0 Å². The van der Waals surface area contributed by atoms with E-state index in [9.17, 15) is 9.59 Å². The van der Waals surface area contributed by atoms with Gasteiger partial charge in [-0.15, -0.1) is 11.8 Å². The zero-order valence-electron chi connectivity index (χ0n) is 12.6. The average Bonchev–Trinajstić information content (AvgIpc) is 2.55. The quantitative estimate of drug-likeness (QED) is 0.670. The van der Waals surface area contributed by atoms with Crippen molar-refractivity contribution in [2.45, 2.75) is 18.2 Å². The van der Waals surface area contributed by atoms with E-state index >= 15 is 0 Å². The summed E-state index contributed by atoms with van der Waals surface area (Å²) < 4.78 is 0. The fourth-order valence-electron chi connectivity index (χ4n) is 1.90. The Bertz CT molecular complexity index is 669. The van der Waals surface area contributed by atoms with E-state index < -0.39 is 11.8 Å². The van der Waals surface area contributed by atoms with Crippen LogP contribution in [-0.4, -0.2) is 18.1 Å². The summed E-state index contributed by atoms with van der Waals surface area (Å²) in [5.74, 6) is -1.36. The summed E-state index contributed by atoms with van der Waals surface area (Å²) in [5, 5.41) is 5.18. The molecule has 2 aromatic rings. The largest absolute Gasteiger partial charge is 0.318 e. The van der Waals surface area contributed by atoms with E-state index in [1.54, 1.807) is 30.0 Å². The summed E-state index contributed by atoms with van der Waals surface area (Å²) in [7, 11) is 0. The SMILES string of the molecule is CCc1ccc(NC(=O)C(=O)Nc2cccc(SC)c2)cc1. The normalized spacial score (nSPS) is 10.1. The van der Waals surface area contributed by atoms with Gasteiger partial charge in [-0.1, -0.05) is 25.1 Å². The number of benzene rings is 2. The first-order chi connectivity index (χ1) is 10.6. The highest BCUT2D eigenvalue weighted by molar-refractivity contribution is 7.98. The van der Waals surface area contributed by atoms with Crippen molar-refractivity contribution >= 4 is 35.0 Å². The van der Waals surface area contributed by atoms with Gasteiger partial charge in [-0.3, -0.25) is 9.59 Å². The smallest absolute Gasteiger partial charge is 0.314 e. The zero-order valence-corrected chi connectivity index (χ0v) is 13.4. The lowest BCUT2D eigenvalue weighted by atomic mass is 10.1. The van der Waals surface area contributed by atoms with Crippen molar-refractivity contribution in [1.82, 2.24) is 0 Å². The first-order valence-electron chi connectivity index (χ1n) is 6.97. The van der Waals surface area contributed by atoms with Crippen LogP contribution in [-0.2, 0) is 16.0 Å². The van der Waals surface area contributed by atoms with Gasteiger partial charge in [0.15, 0.2) is 0 Å². The van der Waals surface area contributed by atoms with Gasteiger partial charge in [-0.05, 0) is 48.6 Å². The number of nitrogens with one attached hydrogen (secondary N) is 2. The third-order valence-electron chi connectivity index (χ3n) is 3.15. The Kier molecular flexibility index (Phi) is 5.61. The Morgan fingerprint density at radius 3 is 2.18 bits per heavy atom. The summed E-state index contributed by atoms with van der Waals surface area (Å²) in [6, 6.07) is 14.8. The number of hydrogen-bond donors (Lipinski definition) is 2. The summed E-state index contributed by atoms with van der Waals surface area (Å²) >= 11 is 1.57. The predicted molar refractivity (Wildman–Crippen MR) is 91.3 cm³/mol. The molecule has 0 radical (unpaired) electrons. The van der Waals surface area contributed by atoms with Crippen molar-refractivity contribution in [3.63, 3.8) is 0 Å². The van der Waals surface area contributed by atoms with Crippen molar-refractivity contribution in [2.75, 3.05) is 16.9 Å². The van der Waals surface area contributed by atoms with E-state index in [1.165, 1.54) is 5.56 Å². The molecule has 2 rings (SSSR count). The number of carbonyl (C=O) groups excluding carboxylic acids is 2. The molecule has 0 aliphatic heterocycles. The Hall–Kier alpha value is -2.27. The van der Waals surface area contributed by atoms with E-state index in [-0.39, 0.29) is 0 Å². The summed E-state index contributed by atoms with van der Waals surface area (Å²) in [6.45, 7) is 2.06. The fraction of sp³-hybridized carbons (Fsp3) is 0.176. The number of thioether (sulfide) groups is 1. The lowest BCUT2D eigenvalue weighted by Gasteiger charge is -2.08. The lowest BCUT2D eigenvalue weighted by Crippen LogP contribution is -2.29. The number of amides is 2. The summed E-state index contributed by atoms with van der Waals surface area (Å²) in [6.07, 6.45) is 2.88. The molecular weight excluding hydrogens is 296 g/mol. The van der Waals surface area contributed by atoms with Gasteiger partial charge < -0.3 is 10.6 Å². The summed E-state index contributed by atoms with van der Waals surface area (Å²) in [5.41, 5.74) is 2.39. The van der Waals surface area contributed by atoms with E-state index in [2.05, 4.69) is 17.6 Å². The molecule has 0 atom stereocenters. The number of rotatable bonds is 4. The van der Waals surface area contributed by atoms with Crippen LogP contribution in [0.2, 0.25) is 0 Å². The highest BCUT2D eigenvalue weighted by Gasteiger charge is 2.14. The third-order valence-corrected chi connectivity index (χ3v) is 3.88. The number of hydrogen-bond acceptors (Lipinski definition) is 3. The minimum absolute atomic E-state index is 0.605. The van der Waals surface area contributed by atoms with Crippen LogP contribution < -0.4 is 10.6 Å². The maximum atomic E-state index is 11.9. The second-order valence-electron chi connectivity index (χ2n) is 4.69. The monoisotopic (exact) mass is 314 g/mol. The maximum Gasteiger partial charge on any atom is 0.314 e. The molecule has 114 valence electrons.